The Morgan fingerprint density at radius 1 is 0.311 bits per heavy atom. The van der Waals surface area contributed by atoms with Crippen molar-refractivity contribution in [3.8, 4) is 0 Å². The number of allylic oxidation sites excluding steroid dienone is 4. The van der Waals surface area contributed by atoms with Crippen LogP contribution in [0.3, 0.4) is 0 Å². The van der Waals surface area contributed by atoms with Crippen molar-refractivity contribution < 1.29 is 80.2 Å². The lowest BCUT2D eigenvalue weighted by molar-refractivity contribution is -0.161. The second-order valence-corrected chi connectivity index (χ2v) is 32.9. The van der Waals surface area contributed by atoms with Gasteiger partial charge in [-0.2, -0.15) is 0 Å². The highest BCUT2D eigenvalue weighted by Gasteiger charge is 2.30. The number of ether oxygens (including phenoxy) is 4. The molecule has 17 nitrogen and oxygen atoms in total. The molecule has 0 aliphatic carbocycles. The van der Waals surface area contributed by atoms with E-state index in [4.69, 9.17) is 37.0 Å². The molecule has 608 valence electrons. The van der Waals surface area contributed by atoms with Crippen molar-refractivity contribution in [1.82, 2.24) is 0 Å². The van der Waals surface area contributed by atoms with Crippen LogP contribution >= 0.6 is 15.6 Å². The summed E-state index contributed by atoms with van der Waals surface area (Å²) in [5, 5.41) is 10.7. The van der Waals surface area contributed by atoms with Gasteiger partial charge in [-0.25, -0.2) is 9.13 Å². The molecular formula is C84H160O17P2. The molecule has 19 heteroatoms. The number of esters is 4. The Labute approximate surface area is 631 Å². The Kier molecular flexibility index (Phi) is 73.2. The smallest absolute Gasteiger partial charge is 0.462 e. The molecule has 0 spiro atoms. The van der Waals surface area contributed by atoms with Gasteiger partial charge in [-0.1, -0.05) is 368 Å². The van der Waals surface area contributed by atoms with Gasteiger partial charge in [0, 0.05) is 25.7 Å². The number of carbonyl (C=O) groups is 4. The maximum absolute atomic E-state index is 13.1. The fraction of sp³-hybridized carbons (Fsp3) is 0.905. The van der Waals surface area contributed by atoms with Crippen LogP contribution in [0.4, 0.5) is 0 Å². The largest absolute Gasteiger partial charge is 0.472 e. The van der Waals surface area contributed by atoms with E-state index in [1.807, 2.05) is 0 Å². The molecule has 0 saturated carbocycles. The van der Waals surface area contributed by atoms with Crippen LogP contribution in [0.1, 0.15) is 420 Å². The normalized spacial score (nSPS) is 14.5. The van der Waals surface area contributed by atoms with Crippen LogP contribution in [0.25, 0.3) is 0 Å². The lowest BCUT2D eigenvalue weighted by Crippen LogP contribution is -2.30. The molecule has 0 bridgehead atoms. The monoisotopic (exact) mass is 1500 g/mol. The number of phosphoric ester groups is 2. The van der Waals surface area contributed by atoms with E-state index in [9.17, 15) is 43.2 Å². The van der Waals surface area contributed by atoms with E-state index in [2.05, 4.69) is 65.8 Å². The highest BCUT2D eigenvalue weighted by molar-refractivity contribution is 7.47. The van der Waals surface area contributed by atoms with Gasteiger partial charge in [-0.3, -0.25) is 37.3 Å². The molecular weight excluding hydrogens is 1340 g/mol. The molecule has 0 aromatic carbocycles. The first-order valence-corrected chi connectivity index (χ1v) is 45.9. The molecule has 0 aromatic rings. The number of rotatable bonds is 81. The van der Waals surface area contributed by atoms with Gasteiger partial charge in [-0.15, -0.1) is 0 Å². The Morgan fingerprint density at radius 3 is 0.825 bits per heavy atom. The molecule has 0 radical (unpaired) electrons. The van der Waals surface area contributed by atoms with Crippen molar-refractivity contribution >= 4 is 39.5 Å². The number of aliphatic hydroxyl groups excluding tert-OH is 1. The van der Waals surface area contributed by atoms with E-state index >= 15 is 0 Å². The first-order valence-electron chi connectivity index (χ1n) is 42.9. The van der Waals surface area contributed by atoms with E-state index in [1.54, 1.807) is 0 Å². The molecule has 0 aliphatic heterocycles. The molecule has 4 unspecified atom stereocenters. The van der Waals surface area contributed by atoms with Crippen molar-refractivity contribution in [2.75, 3.05) is 39.6 Å². The number of hydrogen-bond acceptors (Lipinski definition) is 15. The summed E-state index contributed by atoms with van der Waals surface area (Å²) in [5.74, 6) is -0.561. The first kappa shape index (κ1) is 101. The second-order valence-electron chi connectivity index (χ2n) is 30.0. The lowest BCUT2D eigenvalue weighted by Gasteiger charge is -2.21. The number of aliphatic hydroxyl groups is 1. The molecule has 0 aliphatic rings. The molecule has 0 rings (SSSR count). The molecule has 0 aromatic heterocycles. The number of phosphoric acid groups is 2. The Bertz CT molecular complexity index is 2070. The van der Waals surface area contributed by atoms with Crippen LogP contribution in [-0.2, 0) is 65.4 Å². The van der Waals surface area contributed by atoms with Gasteiger partial charge in [0.2, 0.25) is 0 Å². The van der Waals surface area contributed by atoms with Crippen molar-refractivity contribution in [3.63, 3.8) is 0 Å². The van der Waals surface area contributed by atoms with E-state index in [0.717, 1.165) is 121 Å². The van der Waals surface area contributed by atoms with Crippen molar-refractivity contribution in [2.45, 2.75) is 439 Å². The quantitative estimate of drug-likeness (QED) is 0.0169. The minimum atomic E-state index is -4.97. The average molecular weight is 1500 g/mol. The fourth-order valence-electron chi connectivity index (χ4n) is 12.5. The maximum Gasteiger partial charge on any atom is 0.472 e. The predicted octanol–water partition coefficient (Wildman–Crippen LogP) is 25.0. The van der Waals surface area contributed by atoms with E-state index < -0.39 is 97.5 Å². The van der Waals surface area contributed by atoms with Gasteiger partial charge in [0.25, 0.3) is 0 Å². The summed E-state index contributed by atoms with van der Waals surface area (Å²) >= 11 is 0. The standard InChI is InChI=1S/C84H160O17P2/c1-7-11-13-15-17-19-21-23-25-26-27-28-29-31-37-41-45-49-57-63-68-83(88)100-79(72-94-81(86)66-60-54-47-43-39-35-33-32-34-38-42-46-52-58-64-76(5)9-3)74-98-102(90,91)96-70-78(85)71-97-103(92,93)99-75-80(73-95-82(87)67-61-55-51-50-53-59-65-77(6)10-4)101-84(89)69-62-56-48-44-40-36-30-24-22-20-18-16-14-12-8-2/h20,22,24,30,76-80,85H,7-19,21,23,25-29,31-75H2,1-6H3,(H,90,91)(H,92,93)/b22-20-,30-24-/t76?,77?,78-,79-,80-/m1/s1. The van der Waals surface area contributed by atoms with Gasteiger partial charge >= 0.3 is 39.5 Å². The zero-order chi connectivity index (χ0) is 75.6. The van der Waals surface area contributed by atoms with E-state index in [-0.39, 0.29) is 25.7 Å². The van der Waals surface area contributed by atoms with Crippen LogP contribution in [0.15, 0.2) is 24.3 Å². The Morgan fingerprint density at radius 2 is 0.544 bits per heavy atom. The van der Waals surface area contributed by atoms with Gasteiger partial charge in [0.05, 0.1) is 26.4 Å². The molecule has 3 N–H and O–H groups in total. The molecule has 7 atom stereocenters. The van der Waals surface area contributed by atoms with E-state index in [1.165, 1.54) is 218 Å². The summed E-state index contributed by atoms with van der Waals surface area (Å²) in [6, 6.07) is 0. The maximum atomic E-state index is 13.1. The van der Waals surface area contributed by atoms with Crippen LogP contribution in [0, 0.1) is 11.8 Å². The van der Waals surface area contributed by atoms with Gasteiger partial charge in [0.1, 0.15) is 19.3 Å². The first-order chi connectivity index (χ1) is 49.9. The minimum Gasteiger partial charge on any atom is -0.462 e. The summed E-state index contributed by atoms with van der Waals surface area (Å²) in [6.45, 7) is 9.60. The third kappa shape index (κ3) is 74.8. The zero-order valence-corrected chi connectivity index (χ0v) is 68.9. The Balaban J connectivity index is 5.27. The minimum absolute atomic E-state index is 0.0843. The van der Waals surface area contributed by atoms with Crippen molar-refractivity contribution in [1.29, 1.82) is 0 Å². The highest BCUT2D eigenvalue weighted by Crippen LogP contribution is 2.45. The third-order valence-electron chi connectivity index (χ3n) is 19.8. The molecule has 0 saturated heterocycles. The fourth-order valence-corrected chi connectivity index (χ4v) is 14.0. The van der Waals surface area contributed by atoms with Crippen molar-refractivity contribution in [2.24, 2.45) is 11.8 Å². The topological polar surface area (TPSA) is 237 Å². The molecule has 0 fully saturated rings. The second kappa shape index (κ2) is 75.0. The Hall–Kier alpha value is -2.46. The van der Waals surface area contributed by atoms with Crippen molar-refractivity contribution in [3.05, 3.63) is 24.3 Å². The summed E-state index contributed by atoms with van der Waals surface area (Å²) in [7, 11) is -9.94. The van der Waals surface area contributed by atoms with Crippen LogP contribution in [0.2, 0.25) is 0 Å². The van der Waals surface area contributed by atoms with Gasteiger partial charge < -0.3 is 33.8 Å². The number of hydrogen-bond donors (Lipinski definition) is 3. The summed E-state index contributed by atoms with van der Waals surface area (Å²) in [5.41, 5.74) is 0. The van der Waals surface area contributed by atoms with Crippen LogP contribution in [-0.4, -0.2) is 96.7 Å². The molecule has 103 heavy (non-hydrogen) atoms. The van der Waals surface area contributed by atoms with Crippen LogP contribution < -0.4 is 0 Å². The summed E-state index contributed by atoms with van der Waals surface area (Å²) < 4.78 is 68.8. The van der Waals surface area contributed by atoms with Gasteiger partial charge in [0.15, 0.2) is 12.2 Å². The SMILES string of the molecule is CCCCCC/C=C\C=C/CCCCCCCC(=O)O[C@H](COC(=O)CCCCCCCCC(C)CC)COP(=O)(O)OC[C@H](O)COP(=O)(O)OC[C@@H](COC(=O)CCCCCCCCCCCCCCCCC(C)CC)OC(=O)CCCCCCCCCCCCCCCCCCCCCC. The molecule has 0 heterocycles. The highest BCUT2D eigenvalue weighted by atomic mass is 31.2. The van der Waals surface area contributed by atoms with Crippen LogP contribution in [0.5, 0.6) is 0 Å². The summed E-state index contributed by atoms with van der Waals surface area (Å²) in [4.78, 5) is 73.1. The summed E-state index contributed by atoms with van der Waals surface area (Å²) in [6.07, 6.45) is 68.8. The van der Waals surface area contributed by atoms with E-state index in [0.29, 0.717) is 25.7 Å². The zero-order valence-electron chi connectivity index (χ0n) is 67.1. The predicted molar refractivity (Wildman–Crippen MR) is 423 cm³/mol. The third-order valence-corrected chi connectivity index (χ3v) is 21.7. The number of carbonyl (C=O) groups excluding carboxylic acids is 4. The molecule has 0 amide bonds. The lowest BCUT2D eigenvalue weighted by atomic mass is 9.99. The number of unbranched alkanes of at least 4 members (excludes halogenated alkanes) is 46. The average Bonchev–Trinajstić information content (AvgIpc) is 0.913. The van der Waals surface area contributed by atoms with Gasteiger partial charge in [-0.05, 0) is 63.2 Å².